The molecule has 3 aromatic carbocycles. The molecule has 1 aliphatic rings. The van der Waals surface area contributed by atoms with E-state index in [4.69, 9.17) is 16.3 Å². The van der Waals surface area contributed by atoms with E-state index in [-0.39, 0.29) is 5.60 Å². The molecule has 0 saturated carbocycles. The lowest BCUT2D eigenvalue weighted by Gasteiger charge is -2.42. The molecule has 0 unspecified atom stereocenters. The third-order valence-electron chi connectivity index (χ3n) is 5.91. The van der Waals surface area contributed by atoms with Gasteiger partial charge in [0.15, 0.2) is 0 Å². The van der Waals surface area contributed by atoms with E-state index in [9.17, 15) is 0 Å². The molecule has 0 N–H and O–H groups in total. The standard InChI is InChI=1S/C25H26ClNO/c1-28-25(15-17-27(18-16-25)23-8-3-2-4-9-23)19-21-7-5-6-10-24(21)20-11-13-22(26)14-12-20/h2-14H,15-19H2,1H3. The second-order valence-electron chi connectivity index (χ2n) is 7.55. The van der Waals surface area contributed by atoms with Crippen molar-refractivity contribution in [3.05, 3.63) is 89.4 Å². The lowest BCUT2D eigenvalue weighted by Crippen LogP contribution is -2.47. The molecule has 0 atom stereocenters. The number of benzene rings is 3. The van der Waals surface area contributed by atoms with Gasteiger partial charge in [-0.3, -0.25) is 0 Å². The second-order valence-corrected chi connectivity index (χ2v) is 7.99. The molecule has 4 rings (SSSR count). The minimum atomic E-state index is -0.117. The Kier molecular flexibility index (Phi) is 5.70. The molecular formula is C25H26ClNO. The Morgan fingerprint density at radius 2 is 1.50 bits per heavy atom. The van der Waals surface area contributed by atoms with Gasteiger partial charge in [-0.25, -0.2) is 0 Å². The van der Waals surface area contributed by atoms with Crippen LogP contribution in [-0.4, -0.2) is 25.8 Å². The largest absolute Gasteiger partial charge is 0.378 e. The van der Waals surface area contributed by atoms with E-state index in [2.05, 4.69) is 71.6 Å². The molecule has 144 valence electrons. The summed E-state index contributed by atoms with van der Waals surface area (Å²) in [7, 11) is 1.86. The monoisotopic (exact) mass is 391 g/mol. The Morgan fingerprint density at radius 1 is 0.857 bits per heavy atom. The van der Waals surface area contributed by atoms with E-state index < -0.39 is 0 Å². The first-order valence-electron chi connectivity index (χ1n) is 9.88. The van der Waals surface area contributed by atoms with Gasteiger partial charge in [0.1, 0.15) is 0 Å². The van der Waals surface area contributed by atoms with Crippen LogP contribution in [0.4, 0.5) is 5.69 Å². The van der Waals surface area contributed by atoms with Crippen LogP contribution in [0.25, 0.3) is 11.1 Å². The van der Waals surface area contributed by atoms with Crippen LogP contribution < -0.4 is 4.90 Å². The van der Waals surface area contributed by atoms with Gasteiger partial charge in [-0.1, -0.05) is 66.2 Å². The Bertz CT molecular complexity index is 899. The van der Waals surface area contributed by atoms with E-state index in [1.807, 2.05) is 19.2 Å². The van der Waals surface area contributed by atoms with E-state index >= 15 is 0 Å². The number of anilines is 1. The van der Waals surface area contributed by atoms with Gasteiger partial charge in [0.2, 0.25) is 0 Å². The van der Waals surface area contributed by atoms with Crippen molar-refractivity contribution < 1.29 is 4.74 Å². The predicted molar refractivity (Wildman–Crippen MR) is 118 cm³/mol. The minimum absolute atomic E-state index is 0.117. The highest BCUT2D eigenvalue weighted by atomic mass is 35.5. The number of rotatable bonds is 5. The first kappa shape index (κ1) is 19.0. The molecule has 1 heterocycles. The highest BCUT2D eigenvalue weighted by Gasteiger charge is 2.35. The fourth-order valence-corrected chi connectivity index (χ4v) is 4.32. The summed E-state index contributed by atoms with van der Waals surface area (Å²) in [5.41, 5.74) is 4.98. The van der Waals surface area contributed by atoms with Gasteiger partial charge in [-0.05, 0) is 53.8 Å². The van der Waals surface area contributed by atoms with Gasteiger partial charge >= 0.3 is 0 Å². The molecular weight excluding hydrogens is 366 g/mol. The number of methoxy groups -OCH3 is 1. The Hall–Kier alpha value is -2.29. The molecule has 2 nitrogen and oxygen atoms in total. The lowest BCUT2D eigenvalue weighted by atomic mass is 9.82. The smallest absolute Gasteiger partial charge is 0.0752 e. The van der Waals surface area contributed by atoms with Gasteiger partial charge in [0, 0.05) is 37.3 Å². The normalized spacial score (nSPS) is 16.1. The predicted octanol–water partition coefficient (Wildman–Crippen LogP) is 6.24. The third kappa shape index (κ3) is 4.09. The fraction of sp³-hybridized carbons (Fsp3) is 0.280. The number of halogens is 1. The van der Waals surface area contributed by atoms with Crippen molar-refractivity contribution in [1.82, 2.24) is 0 Å². The highest BCUT2D eigenvalue weighted by molar-refractivity contribution is 6.30. The number of hydrogen-bond acceptors (Lipinski definition) is 2. The highest BCUT2D eigenvalue weighted by Crippen LogP contribution is 2.35. The molecule has 1 fully saturated rings. The zero-order chi connectivity index (χ0) is 19.4. The van der Waals surface area contributed by atoms with Crippen molar-refractivity contribution in [2.45, 2.75) is 24.9 Å². The summed E-state index contributed by atoms with van der Waals surface area (Å²) in [6.07, 6.45) is 2.96. The van der Waals surface area contributed by atoms with Crippen molar-refractivity contribution >= 4 is 17.3 Å². The third-order valence-corrected chi connectivity index (χ3v) is 6.17. The summed E-state index contributed by atoms with van der Waals surface area (Å²) in [4.78, 5) is 2.46. The van der Waals surface area contributed by atoms with Crippen molar-refractivity contribution in [3.63, 3.8) is 0 Å². The Balaban J connectivity index is 1.54. The SMILES string of the molecule is COC1(Cc2ccccc2-c2ccc(Cl)cc2)CCN(c2ccccc2)CC1. The Morgan fingerprint density at radius 3 is 2.18 bits per heavy atom. The summed E-state index contributed by atoms with van der Waals surface area (Å²) in [5.74, 6) is 0. The summed E-state index contributed by atoms with van der Waals surface area (Å²) in [6, 6.07) is 27.4. The van der Waals surface area contributed by atoms with Crippen molar-refractivity contribution in [3.8, 4) is 11.1 Å². The second kappa shape index (κ2) is 8.38. The van der Waals surface area contributed by atoms with E-state index in [1.54, 1.807) is 0 Å². The summed E-state index contributed by atoms with van der Waals surface area (Å²) >= 11 is 6.08. The number of nitrogens with zero attached hydrogens (tertiary/aromatic N) is 1. The van der Waals surface area contributed by atoms with Crippen LogP contribution in [0.15, 0.2) is 78.9 Å². The fourth-order valence-electron chi connectivity index (χ4n) is 4.20. The van der Waals surface area contributed by atoms with Crippen molar-refractivity contribution in [1.29, 1.82) is 0 Å². The molecule has 3 heteroatoms. The van der Waals surface area contributed by atoms with Crippen LogP contribution in [0, 0.1) is 0 Å². The van der Waals surface area contributed by atoms with Gasteiger partial charge < -0.3 is 9.64 Å². The van der Waals surface area contributed by atoms with Gasteiger partial charge in [0.25, 0.3) is 0 Å². The van der Waals surface area contributed by atoms with Crippen molar-refractivity contribution in [2.75, 3.05) is 25.1 Å². The average Bonchev–Trinajstić information content (AvgIpc) is 2.76. The molecule has 0 aliphatic carbocycles. The number of hydrogen-bond donors (Lipinski definition) is 0. The molecule has 0 aromatic heterocycles. The summed E-state index contributed by atoms with van der Waals surface area (Å²) in [6.45, 7) is 2.03. The van der Waals surface area contributed by atoms with Crippen molar-refractivity contribution in [2.24, 2.45) is 0 Å². The number of ether oxygens (including phenoxy) is 1. The molecule has 0 bridgehead atoms. The first-order valence-corrected chi connectivity index (χ1v) is 10.3. The molecule has 0 amide bonds. The van der Waals surface area contributed by atoms with Crippen LogP contribution in [0.3, 0.4) is 0 Å². The number of para-hydroxylation sites is 1. The van der Waals surface area contributed by atoms with E-state index in [0.29, 0.717) is 0 Å². The maximum absolute atomic E-state index is 6.13. The average molecular weight is 392 g/mol. The van der Waals surface area contributed by atoms with Gasteiger partial charge in [0.05, 0.1) is 5.60 Å². The minimum Gasteiger partial charge on any atom is -0.378 e. The molecule has 3 aromatic rings. The van der Waals surface area contributed by atoms with E-state index in [1.165, 1.54) is 22.4 Å². The lowest BCUT2D eigenvalue weighted by molar-refractivity contribution is -0.0288. The molecule has 1 aliphatic heterocycles. The summed E-state index contributed by atoms with van der Waals surface area (Å²) < 4.78 is 6.13. The van der Waals surface area contributed by atoms with Crippen LogP contribution in [-0.2, 0) is 11.2 Å². The molecule has 1 saturated heterocycles. The zero-order valence-electron chi connectivity index (χ0n) is 16.3. The molecule has 28 heavy (non-hydrogen) atoms. The van der Waals surface area contributed by atoms with Gasteiger partial charge in [-0.2, -0.15) is 0 Å². The van der Waals surface area contributed by atoms with Gasteiger partial charge in [-0.15, -0.1) is 0 Å². The maximum atomic E-state index is 6.13. The number of piperidine rings is 1. The van der Waals surface area contributed by atoms with Crippen LogP contribution in [0.2, 0.25) is 5.02 Å². The zero-order valence-corrected chi connectivity index (χ0v) is 17.0. The molecule has 0 radical (unpaired) electrons. The maximum Gasteiger partial charge on any atom is 0.0752 e. The first-order chi connectivity index (χ1) is 13.7. The topological polar surface area (TPSA) is 12.5 Å². The quantitative estimate of drug-likeness (QED) is 0.510. The van der Waals surface area contributed by atoms with Crippen LogP contribution in [0.5, 0.6) is 0 Å². The van der Waals surface area contributed by atoms with Crippen LogP contribution >= 0.6 is 11.6 Å². The van der Waals surface area contributed by atoms with Crippen LogP contribution in [0.1, 0.15) is 18.4 Å². The molecule has 0 spiro atoms. The summed E-state index contributed by atoms with van der Waals surface area (Å²) in [5, 5.41) is 0.767. The Labute approximate surface area is 172 Å². The van der Waals surface area contributed by atoms with E-state index in [0.717, 1.165) is 37.4 Å².